The summed E-state index contributed by atoms with van der Waals surface area (Å²) in [5.74, 6) is 0. The molecule has 1 saturated carbocycles. The van der Waals surface area contributed by atoms with Crippen LogP contribution in [0.25, 0.3) is 0 Å². The van der Waals surface area contributed by atoms with Crippen LogP contribution in [-0.2, 0) is 6.42 Å². The highest BCUT2D eigenvalue weighted by Crippen LogP contribution is 2.32. The van der Waals surface area contributed by atoms with E-state index >= 15 is 0 Å². The summed E-state index contributed by atoms with van der Waals surface area (Å²) in [6.07, 6.45) is 2.69. The van der Waals surface area contributed by atoms with E-state index in [0.29, 0.717) is 24.7 Å². The van der Waals surface area contributed by atoms with Crippen LogP contribution in [0.4, 0.5) is 11.4 Å². The smallest absolute Gasteiger partial charge is 0.0670 e. The molecule has 2 rings (SSSR count). The summed E-state index contributed by atoms with van der Waals surface area (Å²) >= 11 is 0. The average molecular weight is 231 g/mol. The molecule has 0 spiro atoms. The van der Waals surface area contributed by atoms with Crippen molar-refractivity contribution in [3.05, 3.63) is 23.8 Å². The Balaban J connectivity index is 2.24. The van der Waals surface area contributed by atoms with Gasteiger partial charge in [0.1, 0.15) is 0 Å². The highest BCUT2D eigenvalue weighted by molar-refractivity contribution is 5.60. The molecule has 90 valence electrons. The van der Waals surface area contributed by atoms with Crippen LogP contribution in [0.2, 0.25) is 0 Å². The molecule has 1 aromatic carbocycles. The van der Waals surface area contributed by atoms with Gasteiger partial charge in [0.05, 0.1) is 19.1 Å². The largest absolute Gasteiger partial charge is 0.398 e. The number of aliphatic hydroxyl groups excluding tert-OH is 1. The van der Waals surface area contributed by atoms with Crippen LogP contribution in [-0.4, -0.2) is 24.3 Å². The summed E-state index contributed by atoms with van der Waals surface area (Å²) < 4.78 is 0. The fourth-order valence-corrected chi connectivity index (χ4v) is 2.03. The predicted molar refractivity (Wildman–Crippen MR) is 67.6 cm³/mol. The highest BCUT2D eigenvalue weighted by Gasteiger charge is 2.28. The number of anilines is 2. The van der Waals surface area contributed by atoms with Gasteiger partial charge in [0.2, 0.25) is 0 Å². The van der Waals surface area contributed by atoms with Gasteiger partial charge in [-0.25, -0.2) is 0 Å². The monoisotopic (exact) mass is 231 g/mol. The minimum absolute atomic E-state index is 0.147. The van der Waals surface area contributed by atoms with E-state index < -0.39 is 0 Å². The van der Waals surface area contributed by atoms with E-state index in [0.717, 1.165) is 11.3 Å². The Kier molecular flexibility index (Phi) is 3.50. The molecule has 3 N–H and O–H groups in total. The molecule has 0 amide bonds. The van der Waals surface area contributed by atoms with E-state index in [1.165, 1.54) is 12.8 Å². The maximum absolute atomic E-state index is 9.08. The number of rotatable bonds is 5. The second kappa shape index (κ2) is 5.07. The second-order valence-electron chi connectivity index (χ2n) is 4.37. The Labute approximate surface area is 101 Å². The van der Waals surface area contributed by atoms with Crippen molar-refractivity contribution in [1.29, 1.82) is 5.26 Å². The van der Waals surface area contributed by atoms with Crippen LogP contribution in [0.3, 0.4) is 0 Å². The van der Waals surface area contributed by atoms with Crippen molar-refractivity contribution in [2.45, 2.75) is 25.3 Å². The summed E-state index contributed by atoms with van der Waals surface area (Å²) in [6, 6.07) is 8.43. The van der Waals surface area contributed by atoms with Crippen molar-refractivity contribution in [2.75, 3.05) is 23.8 Å². The zero-order valence-corrected chi connectivity index (χ0v) is 9.76. The van der Waals surface area contributed by atoms with E-state index in [1.807, 2.05) is 18.2 Å². The Morgan fingerprint density at radius 1 is 1.47 bits per heavy atom. The van der Waals surface area contributed by atoms with Gasteiger partial charge in [-0.3, -0.25) is 0 Å². The van der Waals surface area contributed by atoms with Crippen molar-refractivity contribution in [2.24, 2.45) is 0 Å². The summed E-state index contributed by atoms with van der Waals surface area (Å²) in [5.41, 5.74) is 8.41. The second-order valence-corrected chi connectivity index (χ2v) is 4.37. The van der Waals surface area contributed by atoms with E-state index in [1.54, 1.807) is 0 Å². The van der Waals surface area contributed by atoms with Gasteiger partial charge in [-0.2, -0.15) is 5.26 Å². The zero-order chi connectivity index (χ0) is 12.3. The molecule has 4 heteroatoms. The third-order valence-corrected chi connectivity index (χ3v) is 3.06. The maximum Gasteiger partial charge on any atom is 0.0670 e. The quantitative estimate of drug-likeness (QED) is 0.749. The highest BCUT2D eigenvalue weighted by atomic mass is 16.3. The molecule has 0 aliphatic heterocycles. The zero-order valence-electron chi connectivity index (χ0n) is 9.76. The summed E-state index contributed by atoms with van der Waals surface area (Å²) in [4.78, 5) is 2.19. The molecular weight excluding hydrogens is 214 g/mol. The summed E-state index contributed by atoms with van der Waals surface area (Å²) in [7, 11) is 0. The predicted octanol–water partition coefficient (Wildman–Crippen LogP) is 1.30. The number of nitrogens with zero attached hydrogens (tertiary/aromatic N) is 2. The lowest BCUT2D eigenvalue weighted by atomic mass is 10.1. The summed E-state index contributed by atoms with van der Waals surface area (Å²) in [5, 5.41) is 17.8. The van der Waals surface area contributed by atoms with E-state index in [9.17, 15) is 0 Å². The van der Waals surface area contributed by atoms with Crippen LogP contribution in [0.5, 0.6) is 0 Å². The molecule has 0 atom stereocenters. The lowest BCUT2D eigenvalue weighted by Crippen LogP contribution is -2.28. The third-order valence-electron chi connectivity index (χ3n) is 3.06. The van der Waals surface area contributed by atoms with Gasteiger partial charge in [0, 0.05) is 24.0 Å². The van der Waals surface area contributed by atoms with Gasteiger partial charge in [-0.05, 0) is 36.6 Å². The van der Waals surface area contributed by atoms with Crippen LogP contribution >= 0.6 is 0 Å². The minimum atomic E-state index is 0.147. The van der Waals surface area contributed by atoms with E-state index in [2.05, 4.69) is 11.0 Å². The molecule has 17 heavy (non-hydrogen) atoms. The Morgan fingerprint density at radius 3 is 2.82 bits per heavy atom. The number of nitriles is 1. The van der Waals surface area contributed by atoms with Crippen molar-refractivity contribution in [3.8, 4) is 6.07 Å². The van der Waals surface area contributed by atoms with Crippen LogP contribution in [0, 0.1) is 11.3 Å². The standard InChI is InChI=1S/C13H17N3O/c14-6-5-10-9-12(3-4-13(10)15)16(7-8-17)11-1-2-11/h3-4,9,11,17H,1-2,5,7-8,15H2. The number of hydrogen-bond acceptors (Lipinski definition) is 4. The number of nitrogens with two attached hydrogens (primary N) is 1. The Morgan fingerprint density at radius 2 is 2.24 bits per heavy atom. The lowest BCUT2D eigenvalue weighted by Gasteiger charge is -2.24. The molecule has 4 nitrogen and oxygen atoms in total. The van der Waals surface area contributed by atoms with Gasteiger partial charge in [0.15, 0.2) is 0 Å². The molecule has 0 bridgehead atoms. The first-order valence-corrected chi connectivity index (χ1v) is 5.89. The van der Waals surface area contributed by atoms with E-state index in [4.69, 9.17) is 16.1 Å². The van der Waals surface area contributed by atoms with Gasteiger partial charge >= 0.3 is 0 Å². The fourth-order valence-electron chi connectivity index (χ4n) is 2.03. The minimum Gasteiger partial charge on any atom is -0.398 e. The first kappa shape index (κ1) is 11.7. The van der Waals surface area contributed by atoms with Crippen LogP contribution in [0.15, 0.2) is 18.2 Å². The maximum atomic E-state index is 9.08. The molecule has 1 aromatic rings. The number of hydrogen-bond donors (Lipinski definition) is 2. The molecule has 1 aliphatic carbocycles. The summed E-state index contributed by atoms with van der Waals surface area (Å²) in [6.45, 7) is 0.787. The molecule has 0 unspecified atom stereocenters. The van der Waals surface area contributed by atoms with Crippen molar-refractivity contribution in [1.82, 2.24) is 0 Å². The number of aliphatic hydroxyl groups is 1. The normalized spacial score (nSPS) is 14.4. The molecule has 0 aromatic heterocycles. The van der Waals surface area contributed by atoms with Gasteiger partial charge in [0.25, 0.3) is 0 Å². The van der Waals surface area contributed by atoms with Crippen LogP contribution in [0.1, 0.15) is 18.4 Å². The van der Waals surface area contributed by atoms with Gasteiger partial charge in [-0.1, -0.05) is 0 Å². The first-order chi connectivity index (χ1) is 8.26. The SMILES string of the molecule is N#CCc1cc(N(CCO)C2CC2)ccc1N. The van der Waals surface area contributed by atoms with Gasteiger partial charge < -0.3 is 15.7 Å². The average Bonchev–Trinajstić information content (AvgIpc) is 3.14. The lowest BCUT2D eigenvalue weighted by molar-refractivity contribution is 0.301. The third kappa shape index (κ3) is 2.69. The van der Waals surface area contributed by atoms with E-state index in [-0.39, 0.29) is 6.61 Å². The number of benzene rings is 1. The number of nitrogen functional groups attached to an aromatic ring is 1. The molecule has 1 aliphatic rings. The van der Waals surface area contributed by atoms with Gasteiger partial charge in [-0.15, -0.1) is 0 Å². The molecule has 1 fully saturated rings. The Bertz CT molecular complexity index is 435. The van der Waals surface area contributed by atoms with Crippen molar-refractivity contribution < 1.29 is 5.11 Å². The van der Waals surface area contributed by atoms with Crippen molar-refractivity contribution >= 4 is 11.4 Å². The fraction of sp³-hybridized carbons (Fsp3) is 0.462. The van der Waals surface area contributed by atoms with Crippen LogP contribution < -0.4 is 10.6 Å². The first-order valence-electron chi connectivity index (χ1n) is 5.89. The molecular formula is C13H17N3O. The molecule has 0 heterocycles. The Hall–Kier alpha value is -1.73. The topological polar surface area (TPSA) is 73.3 Å². The molecule has 0 saturated heterocycles. The van der Waals surface area contributed by atoms with Crippen molar-refractivity contribution in [3.63, 3.8) is 0 Å². The molecule has 0 radical (unpaired) electrons.